The van der Waals surface area contributed by atoms with Crippen LogP contribution in [0, 0.1) is 0 Å². The maximum absolute atomic E-state index is 10.5. The molecule has 6 nitrogen and oxygen atoms in total. The van der Waals surface area contributed by atoms with Crippen LogP contribution in [0.1, 0.15) is 5.56 Å². The molecule has 1 aromatic carbocycles. The molecular weight excluding hydrogens is 288 g/mol. The molecule has 1 saturated heterocycles. The first-order valence-corrected chi connectivity index (χ1v) is 6.52. The topological polar surface area (TPSA) is 110 Å². The summed E-state index contributed by atoms with van der Waals surface area (Å²) in [6.07, 6.45) is -4.88. The molecule has 1 aliphatic rings. The van der Waals surface area contributed by atoms with E-state index in [0.717, 1.165) is 0 Å². The lowest BCUT2D eigenvalue weighted by Crippen LogP contribution is -2.71. The standard InChI is InChI=1S/C13H17ClO6/c14-13(19)12(18,6-8-4-2-1-3-5-8)11(17)10(16)9(7-15)20-13/h1-5,9-11,15-19H,6-7H2/t9-,10-,11+,12-,13-/m1/s1. The molecular formula is C13H17ClO6. The summed E-state index contributed by atoms with van der Waals surface area (Å²) in [6.45, 7) is -0.658. The SMILES string of the molecule is OC[C@H]1O[C@@](O)(Cl)[C@@](O)(Cc2ccccc2)[C@@H](O)[C@@H]1O. The van der Waals surface area contributed by atoms with Crippen molar-refractivity contribution in [2.75, 3.05) is 6.61 Å². The van der Waals surface area contributed by atoms with Gasteiger partial charge in [-0.15, -0.1) is 0 Å². The molecule has 5 N–H and O–H groups in total. The first-order chi connectivity index (χ1) is 9.32. The van der Waals surface area contributed by atoms with E-state index in [9.17, 15) is 20.4 Å². The number of halogens is 1. The summed E-state index contributed by atoms with van der Waals surface area (Å²) < 4.78 is 4.90. The zero-order valence-corrected chi connectivity index (χ0v) is 11.3. The van der Waals surface area contributed by atoms with E-state index in [-0.39, 0.29) is 6.42 Å². The van der Waals surface area contributed by atoms with E-state index in [1.54, 1.807) is 30.3 Å². The Morgan fingerprint density at radius 2 is 1.75 bits per heavy atom. The second-order valence-electron chi connectivity index (χ2n) is 4.92. The lowest BCUT2D eigenvalue weighted by molar-refractivity contribution is -0.351. The third-order valence-electron chi connectivity index (χ3n) is 3.53. The molecule has 0 amide bonds. The van der Waals surface area contributed by atoms with Gasteiger partial charge in [-0.3, -0.25) is 0 Å². The summed E-state index contributed by atoms with van der Waals surface area (Å²) in [7, 11) is 0. The minimum atomic E-state index is -2.63. The van der Waals surface area contributed by atoms with Gasteiger partial charge >= 0.3 is 0 Å². The second kappa shape index (κ2) is 5.57. The van der Waals surface area contributed by atoms with E-state index in [0.29, 0.717) is 5.56 Å². The predicted molar refractivity (Wildman–Crippen MR) is 69.9 cm³/mol. The molecule has 0 unspecified atom stereocenters. The van der Waals surface area contributed by atoms with Crippen molar-refractivity contribution < 1.29 is 30.3 Å². The number of benzene rings is 1. The van der Waals surface area contributed by atoms with Crippen molar-refractivity contribution >= 4 is 11.6 Å². The van der Waals surface area contributed by atoms with Gasteiger partial charge in [0.15, 0.2) is 5.60 Å². The third-order valence-corrected chi connectivity index (χ3v) is 3.95. The number of hydrogen-bond donors (Lipinski definition) is 5. The molecule has 20 heavy (non-hydrogen) atoms. The summed E-state index contributed by atoms with van der Waals surface area (Å²) >= 11 is 5.76. The highest BCUT2D eigenvalue weighted by atomic mass is 35.5. The molecule has 0 aliphatic carbocycles. The van der Waals surface area contributed by atoms with Crippen LogP contribution < -0.4 is 0 Å². The van der Waals surface area contributed by atoms with Crippen molar-refractivity contribution in [2.45, 2.75) is 35.6 Å². The van der Waals surface area contributed by atoms with Gasteiger partial charge in [0, 0.05) is 6.42 Å². The van der Waals surface area contributed by atoms with Gasteiger partial charge in [0.1, 0.15) is 18.3 Å². The van der Waals surface area contributed by atoms with Crippen molar-refractivity contribution in [3.8, 4) is 0 Å². The lowest BCUT2D eigenvalue weighted by Gasteiger charge is -2.50. The van der Waals surface area contributed by atoms with E-state index in [1.807, 2.05) is 0 Å². The monoisotopic (exact) mass is 304 g/mol. The summed E-state index contributed by atoms with van der Waals surface area (Å²) in [5.41, 5.74) is -1.73. The Kier molecular flexibility index (Phi) is 4.36. The third kappa shape index (κ3) is 2.56. The average molecular weight is 305 g/mol. The maximum atomic E-state index is 10.5. The van der Waals surface area contributed by atoms with E-state index in [1.165, 1.54) is 0 Å². The Morgan fingerprint density at radius 3 is 2.30 bits per heavy atom. The smallest absolute Gasteiger partial charge is 0.279 e. The van der Waals surface area contributed by atoms with Gasteiger partial charge in [-0.2, -0.15) is 0 Å². The van der Waals surface area contributed by atoms with Crippen molar-refractivity contribution in [3.63, 3.8) is 0 Å². The maximum Gasteiger partial charge on any atom is 0.279 e. The first kappa shape index (κ1) is 15.7. The molecule has 1 fully saturated rings. The van der Waals surface area contributed by atoms with E-state index < -0.39 is 35.8 Å². The van der Waals surface area contributed by atoms with Crippen LogP contribution >= 0.6 is 11.6 Å². The molecule has 5 atom stereocenters. The molecule has 0 spiro atoms. The Morgan fingerprint density at radius 1 is 1.15 bits per heavy atom. The van der Waals surface area contributed by atoms with Gasteiger partial charge < -0.3 is 30.3 Å². The molecule has 2 rings (SSSR count). The fourth-order valence-electron chi connectivity index (χ4n) is 2.31. The van der Waals surface area contributed by atoms with Gasteiger partial charge in [-0.1, -0.05) is 41.9 Å². The van der Waals surface area contributed by atoms with Crippen LogP contribution in [0.2, 0.25) is 0 Å². The number of aliphatic hydroxyl groups excluding tert-OH is 3. The van der Waals surface area contributed by atoms with Crippen LogP contribution in [0.25, 0.3) is 0 Å². The molecule has 1 aromatic rings. The molecule has 1 aliphatic heterocycles. The molecule has 0 aromatic heterocycles. The average Bonchev–Trinajstić information content (AvgIpc) is 2.42. The predicted octanol–water partition coefficient (Wildman–Crippen LogP) is -1.04. The fraction of sp³-hybridized carbons (Fsp3) is 0.538. The Bertz CT molecular complexity index is 453. The van der Waals surface area contributed by atoms with Gasteiger partial charge in [-0.05, 0) is 5.56 Å². The van der Waals surface area contributed by atoms with E-state index in [2.05, 4.69) is 0 Å². The molecule has 0 bridgehead atoms. The van der Waals surface area contributed by atoms with Crippen LogP contribution in [0.5, 0.6) is 0 Å². The van der Waals surface area contributed by atoms with Crippen LogP contribution in [0.3, 0.4) is 0 Å². The van der Waals surface area contributed by atoms with Gasteiger partial charge in [-0.25, -0.2) is 0 Å². The van der Waals surface area contributed by atoms with Crippen molar-refractivity contribution in [3.05, 3.63) is 35.9 Å². The largest absolute Gasteiger partial charge is 0.394 e. The first-order valence-electron chi connectivity index (χ1n) is 6.14. The molecule has 112 valence electrons. The fourth-order valence-corrected chi connectivity index (χ4v) is 2.60. The van der Waals surface area contributed by atoms with Crippen LogP contribution in [-0.4, -0.2) is 61.3 Å². The molecule has 0 saturated carbocycles. The zero-order valence-electron chi connectivity index (χ0n) is 10.6. The highest BCUT2D eigenvalue weighted by Gasteiger charge is 2.62. The highest BCUT2D eigenvalue weighted by Crippen LogP contribution is 2.41. The van der Waals surface area contributed by atoms with Crippen molar-refractivity contribution in [1.82, 2.24) is 0 Å². The minimum Gasteiger partial charge on any atom is -0.394 e. The van der Waals surface area contributed by atoms with E-state index >= 15 is 0 Å². The van der Waals surface area contributed by atoms with Crippen molar-refractivity contribution in [2.24, 2.45) is 0 Å². The van der Waals surface area contributed by atoms with Crippen LogP contribution in [-0.2, 0) is 11.2 Å². The van der Waals surface area contributed by atoms with Gasteiger partial charge in [0.25, 0.3) is 5.25 Å². The molecule has 0 radical (unpaired) electrons. The van der Waals surface area contributed by atoms with Gasteiger partial charge in [0.05, 0.1) is 6.61 Å². The summed E-state index contributed by atoms with van der Waals surface area (Å²) in [5.74, 6) is 0. The normalized spacial score (nSPS) is 41.6. The Balaban J connectivity index is 2.32. The quantitative estimate of drug-likeness (QED) is 0.456. The molecule has 1 heterocycles. The van der Waals surface area contributed by atoms with Crippen LogP contribution in [0.4, 0.5) is 0 Å². The number of rotatable bonds is 3. The Hall–Kier alpha value is -0.730. The summed E-state index contributed by atoms with van der Waals surface area (Å²) in [4.78, 5) is 0. The molecule has 7 heteroatoms. The zero-order chi connectivity index (χ0) is 15.0. The van der Waals surface area contributed by atoms with E-state index in [4.69, 9.17) is 21.4 Å². The highest BCUT2D eigenvalue weighted by molar-refractivity contribution is 6.22. The van der Waals surface area contributed by atoms with Crippen LogP contribution in [0.15, 0.2) is 30.3 Å². The summed E-state index contributed by atoms with van der Waals surface area (Å²) in [5, 5.41) is 46.8. The summed E-state index contributed by atoms with van der Waals surface area (Å²) in [6, 6.07) is 8.54. The Labute approximate surface area is 120 Å². The number of ether oxygens (including phenoxy) is 1. The van der Waals surface area contributed by atoms with Crippen molar-refractivity contribution in [1.29, 1.82) is 0 Å². The van der Waals surface area contributed by atoms with Gasteiger partial charge in [0.2, 0.25) is 0 Å². The number of hydrogen-bond acceptors (Lipinski definition) is 6. The second-order valence-corrected chi connectivity index (χ2v) is 5.43. The minimum absolute atomic E-state index is 0.232. The number of aliphatic hydroxyl groups is 5. The lowest BCUT2D eigenvalue weighted by atomic mass is 9.81. The number of alkyl halides is 1.